The zero-order chi connectivity index (χ0) is 22.1. The van der Waals surface area contributed by atoms with Crippen LogP contribution in [-0.2, 0) is 16.1 Å². The Balaban J connectivity index is 2.13. The lowest BCUT2D eigenvalue weighted by atomic mass is 10.1. The Kier molecular flexibility index (Phi) is 8.99. The molecule has 2 amide bonds. The maximum absolute atomic E-state index is 13.0. The highest BCUT2D eigenvalue weighted by atomic mass is 35.5. The van der Waals surface area contributed by atoms with Crippen LogP contribution in [0.2, 0.25) is 5.02 Å². The predicted octanol–water partition coefficient (Wildman–Crippen LogP) is 4.06. The largest absolute Gasteiger partial charge is 0.497 e. The Labute approximate surface area is 183 Å². The van der Waals surface area contributed by atoms with Crippen molar-refractivity contribution >= 4 is 23.4 Å². The molecule has 162 valence electrons. The number of nitrogens with zero attached hydrogens (tertiary/aromatic N) is 1. The number of carbonyl (C=O) groups is 2. The van der Waals surface area contributed by atoms with Gasteiger partial charge >= 0.3 is 0 Å². The van der Waals surface area contributed by atoms with E-state index in [1.165, 1.54) is 4.90 Å². The summed E-state index contributed by atoms with van der Waals surface area (Å²) in [7, 11) is 1.58. The zero-order valence-electron chi connectivity index (χ0n) is 17.9. The molecule has 2 aromatic carbocycles. The molecule has 0 bridgehead atoms. The third-order valence-electron chi connectivity index (χ3n) is 4.83. The van der Waals surface area contributed by atoms with E-state index in [0.717, 1.165) is 12.0 Å². The number of methoxy groups -OCH3 is 1. The van der Waals surface area contributed by atoms with Crippen LogP contribution < -0.4 is 14.8 Å². The number of rotatable bonds is 10. The van der Waals surface area contributed by atoms with Crippen LogP contribution in [-0.4, -0.2) is 42.5 Å². The van der Waals surface area contributed by atoms with Crippen molar-refractivity contribution in [2.24, 2.45) is 0 Å². The van der Waals surface area contributed by atoms with E-state index in [1.807, 2.05) is 26.0 Å². The molecule has 2 aromatic rings. The minimum atomic E-state index is -0.662. The van der Waals surface area contributed by atoms with Gasteiger partial charge in [0, 0.05) is 17.6 Å². The summed E-state index contributed by atoms with van der Waals surface area (Å²) in [4.78, 5) is 27.2. The molecule has 0 heterocycles. The van der Waals surface area contributed by atoms with Crippen molar-refractivity contribution in [3.8, 4) is 11.5 Å². The number of carbonyl (C=O) groups excluding carboxylic acids is 2. The fourth-order valence-electron chi connectivity index (χ4n) is 2.78. The van der Waals surface area contributed by atoms with E-state index >= 15 is 0 Å². The third-order valence-corrected chi connectivity index (χ3v) is 5.07. The van der Waals surface area contributed by atoms with Crippen molar-refractivity contribution in [1.29, 1.82) is 0 Å². The van der Waals surface area contributed by atoms with Gasteiger partial charge in [0.1, 0.15) is 17.5 Å². The fourth-order valence-corrected chi connectivity index (χ4v) is 2.99. The molecule has 0 spiro atoms. The lowest BCUT2D eigenvalue weighted by Gasteiger charge is -2.29. The number of hydrogen-bond acceptors (Lipinski definition) is 4. The van der Waals surface area contributed by atoms with Gasteiger partial charge in [-0.25, -0.2) is 0 Å². The summed E-state index contributed by atoms with van der Waals surface area (Å²) in [6.07, 6.45) is 0.807. The van der Waals surface area contributed by atoms with Crippen molar-refractivity contribution in [3.63, 3.8) is 0 Å². The van der Waals surface area contributed by atoms with Gasteiger partial charge < -0.3 is 19.7 Å². The van der Waals surface area contributed by atoms with Crippen molar-refractivity contribution in [2.75, 3.05) is 13.7 Å². The summed E-state index contributed by atoms with van der Waals surface area (Å²) in [5.74, 6) is 0.747. The van der Waals surface area contributed by atoms with Crippen LogP contribution in [0.1, 0.15) is 32.8 Å². The molecular formula is C23H29ClN2O4. The quantitative estimate of drug-likeness (QED) is 0.614. The average molecular weight is 433 g/mol. The lowest BCUT2D eigenvalue weighted by Crippen LogP contribution is -2.50. The predicted molar refractivity (Wildman–Crippen MR) is 118 cm³/mol. The summed E-state index contributed by atoms with van der Waals surface area (Å²) in [6.45, 7) is 5.70. The average Bonchev–Trinajstić information content (AvgIpc) is 2.75. The standard InChI is InChI=1S/C23H29ClN2O4/c1-5-16(2)25-23(28)17(3)26(14-18-7-6-8-19(24)13-18)22(27)15-30-21-11-9-20(29-4)10-12-21/h6-13,16-17H,5,14-15H2,1-4H3,(H,25,28)/t16-,17+/m1/s1. The van der Waals surface area contributed by atoms with Crippen LogP contribution >= 0.6 is 11.6 Å². The van der Waals surface area contributed by atoms with Crippen LogP contribution in [0.5, 0.6) is 11.5 Å². The van der Waals surface area contributed by atoms with Gasteiger partial charge in [-0.1, -0.05) is 30.7 Å². The molecule has 2 atom stereocenters. The Morgan fingerprint density at radius 1 is 1.10 bits per heavy atom. The molecule has 0 unspecified atom stereocenters. The van der Waals surface area contributed by atoms with Gasteiger partial charge in [-0.3, -0.25) is 9.59 Å². The number of halogens is 1. The second-order valence-electron chi connectivity index (χ2n) is 7.11. The van der Waals surface area contributed by atoms with Crippen molar-refractivity contribution < 1.29 is 19.1 Å². The Hall–Kier alpha value is -2.73. The van der Waals surface area contributed by atoms with E-state index in [1.54, 1.807) is 50.4 Å². The number of hydrogen-bond donors (Lipinski definition) is 1. The first-order chi connectivity index (χ1) is 14.3. The molecule has 0 radical (unpaired) electrons. The van der Waals surface area contributed by atoms with Gasteiger partial charge in [-0.15, -0.1) is 0 Å². The van der Waals surface area contributed by atoms with E-state index in [-0.39, 0.29) is 31.0 Å². The van der Waals surface area contributed by atoms with E-state index < -0.39 is 6.04 Å². The van der Waals surface area contributed by atoms with E-state index in [0.29, 0.717) is 16.5 Å². The van der Waals surface area contributed by atoms with Crippen LogP contribution in [0, 0.1) is 0 Å². The Bertz CT molecular complexity index is 841. The molecule has 0 fully saturated rings. The van der Waals surface area contributed by atoms with Crippen LogP contribution in [0.25, 0.3) is 0 Å². The maximum atomic E-state index is 13.0. The van der Waals surface area contributed by atoms with E-state index in [4.69, 9.17) is 21.1 Å². The summed E-state index contributed by atoms with van der Waals surface area (Å²) in [5.41, 5.74) is 0.837. The molecule has 0 aliphatic carbocycles. The smallest absolute Gasteiger partial charge is 0.261 e. The molecule has 0 aliphatic rings. The normalized spacial score (nSPS) is 12.6. The molecule has 0 saturated heterocycles. The van der Waals surface area contributed by atoms with E-state index in [9.17, 15) is 9.59 Å². The third kappa shape index (κ3) is 6.95. The van der Waals surface area contributed by atoms with Gasteiger partial charge in [-0.2, -0.15) is 0 Å². The molecular weight excluding hydrogens is 404 g/mol. The van der Waals surface area contributed by atoms with Gasteiger partial charge in [-0.05, 0) is 62.2 Å². The minimum Gasteiger partial charge on any atom is -0.497 e. The molecule has 7 heteroatoms. The number of amides is 2. The molecule has 0 saturated carbocycles. The maximum Gasteiger partial charge on any atom is 0.261 e. The lowest BCUT2D eigenvalue weighted by molar-refractivity contribution is -0.142. The first-order valence-corrected chi connectivity index (χ1v) is 10.3. The first-order valence-electron chi connectivity index (χ1n) is 9.95. The van der Waals surface area contributed by atoms with Crippen molar-refractivity contribution in [3.05, 3.63) is 59.1 Å². The molecule has 1 N–H and O–H groups in total. The Morgan fingerprint density at radius 3 is 2.37 bits per heavy atom. The van der Waals surface area contributed by atoms with Crippen molar-refractivity contribution in [2.45, 2.75) is 45.8 Å². The molecule has 6 nitrogen and oxygen atoms in total. The summed E-state index contributed by atoms with van der Waals surface area (Å²) >= 11 is 6.09. The topological polar surface area (TPSA) is 67.9 Å². The summed E-state index contributed by atoms with van der Waals surface area (Å²) in [5, 5.41) is 3.51. The van der Waals surface area contributed by atoms with Gasteiger partial charge in [0.25, 0.3) is 5.91 Å². The highest BCUT2D eigenvalue weighted by Crippen LogP contribution is 2.18. The Morgan fingerprint density at radius 2 is 1.77 bits per heavy atom. The van der Waals surface area contributed by atoms with E-state index in [2.05, 4.69) is 5.32 Å². The highest BCUT2D eigenvalue weighted by molar-refractivity contribution is 6.30. The molecule has 0 aliphatic heterocycles. The molecule has 30 heavy (non-hydrogen) atoms. The van der Waals surface area contributed by atoms with Crippen LogP contribution in [0.3, 0.4) is 0 Å². The monoisotopic (exact) mass is 432 g/mol. The summed E-state index contributed by atoms with van der Waals surface area (Å²) in [6, 6.07) is 13.6. The number of ether oxygens (including phenoxy) is 2. The minimum absolute atomic E-state index is 0.0265. The van der Waals surface area contributed by atoms with Crippen molar-refractivity contribution in [1.82, 2.24) is 10.2 Å². The fraction of sp³-hybridized carbons (Fsp3) is 0.391. The highest BCUT2D eigenvalue weighted by Gasteiger charge is 2.27. The molecule has 0 aromatic heterocycles. The SMILES string of the molecule is CC[C@@H](C)NC(=O)[C@H](C)N(Cc1cccc(Cl)c1)C(=O)COc1ccc(OC)cc1. The zero-order valence-corrected chi connectivity index (χ0v) is 18.6. The summed E-state index contributed by atoms with van der Waals surface area (Å²) < 4.78 is 10.8. The van der Waals surface area contributed by atoms with Gasteiger partial charge in [0.2, 0.25) is 5.91 Å². The second-order valence-corrected chi connectivity index (χ2v) is 7.55. The first kappa shape index (κ1) is 23.5. The van der Waals surface area contributed by atoms with Gasteiger partial charge in [0.05, 0.1) is 7.11 Å². The van der Waals surface area contributed by atoms with Crippen LogP contribution in [0.15, 0.2) is 48.5 Å². The second kappa shape index (κ2) is 11.5. The number of nitrogens with one attached hydrogen (secondary N) is 1. The van der Waals surface area contributed by atoms with Gasteiger partial charge in [0.15, 0.2) is 6.61 Å². The van der Waals surface area contributed by atoms with Crippen LogP contribution in [0.4, 0.5) is 0 Å². The molecule has 2 rings (SSSR count). The number of benzene rings is 2.